The first kappa shape index (κ1) is 21.9. The second kappa shape index (κ2) is 10.8. The fourth-order valence-electron chi connectivity index (χ4n) is 3.81. The highest BCUT2D eigenvalue weighted by Gasteiger charge is 2.17. The van der Waals surface area contributed by atoms with Crippen LogP contribution in [0.25, 0.3) is 11.6 Å². The van der Waals surface area contributed by atoms with Gasteiger partial charge in [0.2, 0.25) is 0 Å². The number of halogens is 1. The molecule has 2 aromatic carbocycles. The Balaban J connectivity index is 1.68. The lowest BCUT2D eigenvalue weighted by Gasteiger charge is -2.20. The zero-order valence-corrected chi connectivity index (χ0v) is 18.0. The number of hydrogen-bond acceptors (Lipinski definition) is 4. The Morgan fingerprint density at radius 1 is 1.13 bits per heavy atom. The van der Waals surface area contributed by atoms with Crippen molar-refractivity contribution in [3.63, 3.8) is 0 Å². The average Bonchev–Trinajstić information content (AvgIpc) is 2.78. The standard InChI is InChI=1S/C25H26ClNO3/c1-29-24-16-19(15-21(17-27)20-9-11-22(26)12-10-20)7-13-23(24)30-25(28)14-8-18-5-3-2-4-6-18/h7,9-13,15-16,18H,2-6,8,14H2,1H3/b21-15-. The van der Waals surface area contributed by atoms with Gasteiger partial charge < -0.3 is 9.47 Å². The van der Waals surface area contributed by atoms with E-state index in [-0.39, 0.29) is 5.97 Å². The molecule has 3 rings (SSSR count). The van der Waals surface area contributed by atoms with E-state index in [1.165, 1.54) is 39.2 Å². The average molecular weight is 424 g/mol. The van der Waals surface area contributed by atoms with E-state index in [2.05, 4.69) is 6.07 Å². The van der Waals surface area contributed by atoms with Crippen LogP contribution in [0.1, 0.15) is 56.1 Å². The lowest BCUT2D eigenvalue weighted by atomic mass is 9.86. The molecule has 0 bridgehead atoms. The molecule has 0 heterocycles. The van der Waals surface area contributed by atoms with Gasteiger partial charge in [-0.15, -0.1) is 0 Å². The van der Waals surface area contributed by atoms with Crippen LogP contribution < -0.4 is 9.47 Å². The summed E-state index contributed by atoms with van der Waals surface area (Å²) in [7, 11) is 1.53. The highest BCUT2D eigenvalue weighted by atomic mass is 35.5. The maximum Gasteiger partial charge on any atom is 0.311 e. The SMILES string of the molecule is COc1cc(/C=C(/C#N)c2ccc(Cl)cc2)ccc1OC(=O)CCC1CCCCC1. The summed E-state index contributed by atoms with van der Waals surface area (Å²) in [6, 6.07) is 14.6. The van der Waals surface area contributed by atoms with Gasteiger partial charge in [0, 0.05) is 11.4 Å². The Kier molecular flexibility index (Phi) is 7.93. The first-order valence-corrected chi connectivity index (χ1v) is 10.7. The second-order valence-electron chi connectivity index (χ2n) is 7.60. The summed E-state index contributed by atoms with van der Waals surface area (Å²) in [5.74, 6) is 1.26. The van der Waals surface area contributed by atoms with E-state index in [1.807, 2.05) is 0 Å². The van der Waals surface area contributed by atoms with Crippen LogP contribution in [0, 0.1) is 17.2 Å². The van der Waals surface area contributed by atoms with E-state index in [4.69, 9.17) is 21.1 Å². The predicted octanol–water partition coefficient (Wildman–Crippen LogP) is 6.68. The molecule has 0 atom stereocenters. The molecule has 4 nitrogen and oxygen atoms in total. The third-order valence-electron chi connectivity index (χ3n) is 5.48. The molecule has 0 saturated heterocycles. The number of nitriles is 1. The van der Waals surface area contributed by atoms with Crippen molar-refractivity contribution in [3.05, 3.63) is 58.6 Å². The number of carbonyl (C=O) groups excluding carboxylic acids is 1. The van der Waals surface area contributed by atoms with Crippen LogP contribution in [0.5, 0.6) is 11.5 Å². The van der Waals surface area contributed by atoms with Gasteiger partial charge in [-0.1, -0.05) is 61.9 Å². The molecule has 0 aliphatic heterocycles. The van der Waals surface area contributed by atoms with Gasteiger partial charge in [0.25, 0.3) is 0 Å². The Morgan fingerprint density at radius 2 is 1.87 bits per heavy atom. The number of hydrogen-bond donors (Lipinski definition) is 0. The zero-order chi connectivity index (χ0) is 21.3. The summed E-state index contributed by atoms with van der Waals surface area (Å²) in [5, 5.41) is 10.1. The molecule has 156 valence electrons. The van der Waals surface area contributed by atoms with Gasteiger partial charge in [0.15, 0.2) is 11.5 Å². The third kappa shape index (κ3) is 6.11. The summed E-state index contributed by atoms with van der Waals surface area (Å²) < 4.78 is 11.0. The van der Waals surface area contributed by atoms with Crippen LogP contribution >= 0.6 is 11.6 Å². The molecule has 2 aromatic rings. The summed E-state index contributed by atoms with van der Waals surface area (Å²) in [5.41, 5.74) is 2.06. The zero-order valence-electron chi connectivity index (χ0n) is 17.2. The van der Waals surface area contributed by atoms with Crippen molar-refractivity contribution in [1.29, 1.82) is 5.26 Å². The van der Waals surface area contributed by atoms with E-state index in [1.54, 1.807) is 48.5 Å². The highest BCUT2D eigenvalue weighted by molar-refractivity contribution is 6.30. The van der Waals surface area contributed by atoms with Gasteiger partial charge >= 0.3 is 5.97 Å². The van der Waals surface area contributed by atoms with Crippen LogP contribution in [0.15, 0.2) is 42.5 Å². The molecule has 30 heavy (non-hydrogen) atoms. The van der Waals surface area contributed by atoms with Gasteiger partial charge in [-0.3, -0.25) is 4.79 Å². The maximum absolute atomic E-state index is 12.3. The minimum Gasteiger partial charge on any atom is -0.493 e. The van der Waals surface area contributed by atoms with Crippen LogP contribution in [0.3, 0.4) is 0 Å². The van der Waals surface area contributed by atoms with Crippen molar-refractivity contribution >= 4 is 29.2 Å². The second-order valence-corrected chi connectivity index (χ2v) is 8.04. The summed E-state index contributed by atoms with van der Waals surface area (Å²) >= 11 is 5.92. The Bertz CT molecular complexity index is 938. The van der Waals surface area contributed by atoms with Gasteiger partial charge in [-0.05, 0) is 53.8 Å². The van der Waals surface area contributed by atoms with Crippen molar-refractivity contribution in [2.24, 2.45) is 5.92 Å². The molecule has 5 heteroatoms. The van der Waals surface area contributed by atoms with Gasteiger partial charge in [0.1, 0.15) is 0 Å². The number of carbonyl (C=O) groups is 1. The van der Waals surface area contributed by atoms with Crippen LogP contribution in [0.2, 0.25) is 5.02 Å². The molecule has 0 unspecified atom stereocenters. The number of ether oxygens (including phenoxy) is 2. The molecule has 0 spiro atoms. The molecular weight excluding hydrogens is 398 g/mol. The van der Waals surface area contributed by atoms with Gasteiger partial charge in [-0.25, -0.2) is 0 Å². The molecule has 0 amide bonds. The van der Waals surface area contributed by atoms with E-state index in [9.17, 15) is 10.1 Å². The van der Waals surface area contributed by atoms with Crippen molar-refractivity contribution in [2.75, 3.05) is 7.11 Å². The Morgan fingerprint density at radius 3 is 2.53 bits per heavy atom. The molecule has 1 saturated carbocycles. The van der Waals surface area contributed by atoms with E-state index in [0.29, 0.717) is 34.4 Å². The maximum atomic E-state index is 12.3. The van der Waals surface area contributed by atoms with E-state index >= 15 is 0 Å². The first-order chi connectivity index (χ1) is 14.6. The Hall–Kier alpha value is -2.77. The van der Waals surface area contributed by atoms with Crippen LogP contribution in [0.4, 0.5) is 0 Å². The summed E-state index contributed by atoms with van der Waals surface area (Å²) in [4.78, 5) is 12.3. The lowest BCUT2D eigenvalue weighted by Crippen LogP contribution is -2.13. The summed E-state index contributed by atoms with van der Waals surface area (Å²) in [6.45, 7) is 0. The number of nitrogens with zero attached hydrogens (tertiary/aromatic N) is 1. The predicted molar refractivity (Wildman–Crippen MR) is 119 cm³/mol. The molecule has 1 fully saturated rings. The minimum atomic E-state index is -0.235. The fraction of sp³-hybridized carbons (Fsp3) is 0.360. The number of allylic oxidation sites excluding steroid dienone is 1. The number of benzene rings is 2. The quantitative estimate of drug-likeness (QED) is 0.216. The third-order valence-corrected chi connectivity index (χ3v) is 5.73. The van der Waals surface area contributed by atoms with E-state index < -0.39 is 0 Å². The van der Waals surface area contributed by atoms with Crippen molar-refractivity contribution in [1.82, 2.24) is 0 Å². The molecular formula is C25H26ClNO3. The molecule has 0 radical (unpaired) electrons. The molecule has 0 aromatic heterocycles. The van der Waals surface area contributed by atoms with Crippen molar-refractivity contribution < 1.29 is 14.3 Å². The number of esters is 1. The smallest absolute Gasteiger partial charge is 0.311 e. The van der Waals surface area contributed by atoms with Crippen LogP contribution in [-0.4, -0.2) is 13.1 Å². The van der Waals surface area contributed by atoms with Crippen molar-refractivity contribution in [2.45, 2.75) is 44.9 Å². The minimum absolute atomic E-state index is 0.235. The number of rotatable bonds is 7. The fourth-order valence-corrected chi connectivity index (χ4v) is 3.93. The van der Waals surface area contributed by atoms with E-state index in [0.717, 1.165) is 17.5 Å². The molecule has 1 aliphatic rings. The molecule has 1 aliphatic carbocycles. The van der Waals surface area contributed by atoms with Crippen molar-refractivity contribution in [3.8, 4) is 17.6 Å². The first-order valence-electron chi connectivity index (χ1n) is 10.4. The highest BCUT2D eigenvalue weighted by Crippen LogP contribution is 2.31. The Labute approximate surface area is 183 Å². The van der Waals surface area contributed by atoms with Crippen LogP contribution in [-0.2, 0) is 4.79 Å². The number of methoxy groups -OCH3 is 1. The van der Waals surface area contributed by atoms with Gasteiger partial charge in [0.05, 0.1) is 18.8 Å². The largest absolute Gasteiger partial charge is 0.493 e. The van der Waals surface area contributed by atoms with Gasteiger partial charge in [-0.2, -0.15) is 5.26 Å². The summed E-state index contributed by atoms with van der Waals surface area (Å²) in [6.07, 6.45) is 9.34. The topological polar surface area (TPSA) is 59.3 Å². The molecule has 0 N–H and O–H groups in total. The normalized spacial score (nSPS) is 14.8. The lowest BCUT2D eigenvalue weighted by molar-refractivity contribution is -0.134. The monoisotopic (exact) mass is 423 g/mol.